The molecule has 0 atom stereocenters. The van der Waals surface area contributed by atoms with Gasteiger partial charge in [-0.3, -0.25) is 9.79 Å². The molecule has 0 aromatic rings. The number of likely N-dealkylation sites (N-methyl/N-ethyl adjacent to an activating group) is 1. The van der Waals surface area contributed by atoms with Gasteiger partial charge in [-0.2, -0.15) is 0 Å². The molecule has 0 rings (SSSR count). The number of hydrogen-bond acceptors (Lipinski definition) is 5. The zero-order valence-corrected chi connectivity index (χ0v) is 20.8. The molecule has 7 nitrogen and oxygen atoms in total. The number of unbranched alkanes of at least 4 members (excludes halogenated alkanes) is 4. The van der Waals surface area contributed by atoms with Gasteiger partial charge in [-0.15, -0.1) is 24.0 Å². The van der Waals surface area contributed by atoms with Crippen LogP contribution < -0.4 is 10.6 Å². The van der Waals surface area contributed by atoms with Gasteiger partial charge in [0.1, 0.15) is 0 Å². The quantitative estimate of drug-likeness (QED) is 0.102. The lowest BCUT2D eigenvalue weighted by Crippen LogP contribution is -2.41. The first-order chi connectivity index (χ1) is 13.1. The van der Waals surface area contributed by atoms with Crippen LogP contribution in [0.3, 0.4) is 0 Å². The molecule has 0 bridgehead atoms. The van der Waals surface area contributed by atoms with E-state index in [1.165, 1.54) is 0 Å². The molecule has 0 fully saturated rings. The Kier molecular flexibility index (Phi) is 24.0. The number of rotatable bonds is 17. The topological polar surface area (TPSA) is 75.2 Å². The SMILES string of the molecule is CCNC(=NCCCCCCCC(=O)OCC)NCCN(C)CCCOC.I. The van der Waals surface area contributed by atoms with E-state index in [0.29, 0.717) is 13.0 Å². The number of ether oxygens (including phenoxy) is 2. The fourth-order valence-corrected chi connectivity index (χ4v) is 2.63. The van der Waals surface area contributed by atoms with E-state index in [2.05, 4.69) is 34.5 Å². The number of nitrogens with zero attached hydrogens (tertiary/aromatic N) is 2. The Morgan fingerprint density at radius 3 is 2.39 bits per heavy atom. The molecule has 0 spiro atoms. The Labute approximate surface area is 189 Å². The van der Waals surface area contributed by atoms with Gasteiger partial charge in [0, 0.05) is 52.9 Å². The first kappa shape index (κ1) is 29.6. The van der Waals surface area contributed by atoms with Gasteiger partial charge in [0.25, 0.3) is 0 Å². The average Bonchev–Trinajstić information content (AvgIpc) is 2.64. The Bertz CT molecular complexity index is 384. The van der Waals surface area contributed by atoms with Crippen molar-refractivity contribution in [3.63, 3.8) is 0 Å². The zero-order chi connectivity index (χ0) is 20.2. The van der Waals surface area contributed by atoms with Gasteiger partial charge in [-0.05, 0) is 40.2 Å². The van der Waals surface area contributed by atoms with Crippen molar-refractivity contribution >= 4 is 35.9 Å². The lowest BCUT2D eigenvalue weighted by molar-refractivity contribution is -0.143. The van der Waals surface area contributed by atoms with Crippen molar-refractivity contribution in [1.82, 2.24) is 15.5 Å². The maximum atomic E-state index is 11.2. The molecule has 0 unspecified atom stereocenters. The molecule has 0 aliphatic rings. The smallest absolute Gasteiger partial charge is 0.305 e. The number of halogens is 1. The third-order valence-electron chi connectivity index (χ3n) is 4.13. The maximum Gasteiger partial charge on any atom is 0.305 e. The predicted molar refractivity (Wildman–Crippen MR) is 128 cm³/mol. The number of esters is 1. The van der Waals surface area contributed by atoms with E-state index in [1.807, 2.05) is 6.92 Å². The summed E-state index contributed by atoms with van der Waals surface area (Å²) in [5, 5.41) is 6.69. The summed E-state index contributed by atoms with van der Waals surface area (Å²) in [4.78, 5) is 18.2. The van der Waals surface area contributed by atoms with E-state index in [4.69, 9.17) is 9.47 Å². The van der Waals surface area contributed by atoms with Gasteiger partial charge >= 0.3 is 5.97 Å². The second-order valence-corrected chi connectivity index (χ2v) is 6.66. The summed E-state index contributed by atoms with van der Waals surface area (Å²) in [6.07, 6.45) is 6.97. The molecule has 0 aliphatic heterocycles. The third-order valence-corrected chi connectivity index (χ3v) is 4.13. The van der Waals surface area contributed by atoms with Crippen LogP contribution in [0.4, 0.5) is 0 Å². The molecule has 168 valence electrons. The Hall–Kier alpha value is -0.610. The molecular formula is C20H43IN4O3. The van der Waals surface area contributed by atoms with Crippen LogP contribution in [-0.2, 0) is 14.3 Å². The summed E-state index contributed by atoms with van der Waals surface area (Å²) in [5.74, 6) is 0.818. The molecule has 8 heteroatoms. The van der Waals surface area contributed by atoms with Crippen LogP contribution in [0, 0.1) is 0 Å². The van der Waals surface area contributed by atoms with Crippen molar-refractivity contribution < 1.29 is 14.3 Å². The number of nitrogens with one attached hydrogen (secondary N) is 2. The van der Waals surface area contributed by atoms with Crippen LogP contribution in [0.2, 0.25) is 0 Å². The number of guanidine groups is 1. The Morgan fingerprint density at radius 1 is 1.00 bits per heavy atom. The summed E-state index contributed by atoms with van der Waals surface area (Å²) < 4.78 is 10.0. The van der Waals surface area contributed by atoms with Gasteiger partial charge in [0.05, 0.1) is 6.61 Å². The molecule has 0 saturated heterocycles. The number of aliphatic imine (C=N–C) groups is 1. The van der Waals surface area contributed by atoms with E-state index in [9.17, 15) is 4.79 Å². The summed E-state index contributed by atoms with van der Waals surface area (Å²) in [5.41, 5.74) is 0. The van der Waals surface area contributed by atoms with E-state index in [-0.39, 0.29) is 29.9 Å². The van der Waals surface area contributed by atoms with Crippen LogP contribution in [0.5, 0.6) is 0 Å². The predicted octanol–water partition coefficient (Wildman–Crippen LogP) is 3.03. The molecule has 0 amide bonds. The average molecular weight is 514 g/mol. The molecule has 0 saturated carbocycles. The Balaban J connectivity index is 0. The number of hydrogen-bond donors (Lipinski definition) is 2. The van der Waals surface area contributed by atoms with Gasteiger partial charge in [0.15, 0.2) is 5.96 Å². The largest absolute Gasteiger partial charge is 0.466 e. The summed E-state index contributed by atoms with van der Waals surface area (Å²) >= 11 is 0. The van der Waals surface area contributed by atoms with Crippen molar-refractivity contribution in [3.05, 3.63) is 0 Å². The number of methoxy groups -OCH3 is 1. The monoisotopic (exact) mass is 514 g/mol. The van der Waals surface area contributed by atoms with Crippen LogP contribution >= 0.6 is 24.0 Å². The first-order valence-electron chi connectivity index (χ1n) is 10.5. The summed E-state index contributed by atoms with van der Waals surface area (Å²) in [6.45, 7) is 9.80. The van der Waals surface area contributed by atoms with Gasteiger partial charge in [-0.1, -0.05) is 19.3 Å². The van der Waals surface area contributed by atoms with Crippen LogP contribution in [0.25, 0.3) is 0 Å². The molecular weight excluding hydrogens is 471 g/mol. The van der Waals surface area contributed by atoms with Crippen molar-refractivity contribution in [2.24, 2.45) is 4.99 Å². The van der Waals surface area contributed by atoms with Crippen molar-refractivity contribution in [2.45, 2.75) is 58.8 Å². The normalized spacial score (nSPS) is 11.2. The molecule has 2 N–H and O–H groups in total. The summed E-state index contributed by atoms with van der Waals surface area (Å²) in [7, 11) is 3.87. The minimum absolute atomic E-state index is 0. The summed E-state index contributed by atoms with van der Waals surface area (Å²) in [6, 6.07) is 0. The van der Waals surface area contributed by atoms with E-state index < -0.39 is 0 Å². The van der Waals surface area contributed by atoms with Crippen LogP contribution in [0.1, 0.15) is 58.8 Å². The van der Waals surface area contributed by atoms with Gasteiger partial charge in [0.2, 0.25) is 0 Å². The first-order valence-corrected chi connectivity index (χ1v) is 10.5. The van der Waals surface area contributed by atoms with E-state index in [0.717, 1.165) is 83.8 Å². The third kappa shape index (κ3) is 20.1. The molecule has 0 aromatic heterocycles. The second-order valence-electron chi connectivity index (χ2n) is 6.66. The minimum atomic E-state index is -0.0761. The van der Waals surface area contributed by atoms with Crippen LogP contribution in [-0.4, -0.2) is 76.9 Å². The number of carbonyl (C=O) groups is 1. The molecule has 0 radical (unpaired) electrons. The molecule has 28 heavy (non-hydrogen) atoms. The zero-order valence-electron chi connectivity index (χ0n) is 18.4. The van der Waals surface area contributed by atoms with E-state index >= 15 is 0 Å². The lowest BCUT2D eigenvalue weighted by Gasteiger charge is -2.18. The van der Waals surface area contributed by atoms with Gasteiger partial charge in [-0.25, -0.2) is 0 Å². The second kappa shape index (κ2) is 22.7. The molecule has 0 aromatic carbocycles. The highest BCUT2D eigenvalue weighted by Crippen LogP contribution is 2.06. The highest BCUT2D eigenvalue weighted by atomic mass is 127. The van der Waals surface area contributed by atoms with Crippen LogP contribution in [0.15, 0.2) is 4.99 Å². The van der Waals surface area contributed by atoms with Crippen molar-refractivity contribution in [2.75, 3.05) is 60.1 Å². The minimum Gasteiger partial charge on any atom is -0.466 e. The van der Waals surface area contributed by atoms with E-state index in [1.54, 1.807) is 7.11 Å². The maximum absolute atomic E-state index is 11.2. The fraction of sp³-hybridized carbons (Fsp3) is 0.900. The Morgan fingerprint density at radius 2 is 1.71 bits per heavy atom. The highest BCUT2D eigenvalue weighted by molar-refractivity contribution is 14.0. The molecule has 0 heterocycles. The van der Waals surface area contributed by atoms with Crippen molar-refractivity contribution in [3.8, 4) is 0 Å². The fourth-order valence-electron chi connectivity index (χ4n) is 2.63. The lowest BCUT2D eigenvalue weighted by atomic mass is 10.1. The van der Waals surface area contributed by atoms with Gasteiger partial charge < -0.3 is 25.0 Å². The molecule has 0 aliphatic carbocycles. The number of carbonyl (C=O) groups excluding carboxylic acids is 1. The van der Waals surface area contributed by atoms with Crippen molar-refractivity contribution in [1.29, 1.82) is 0 Å². The standard InChI is InChI=1S/C20H42N4O3.HI/c1-5-21-20(23-15-17-24(3)16-12-18-26-4)22-14-11-9-7-8-10-13-19(25)27-6-2;/h5-18H2,1-4H3,(H2,21,22,23);1H. The highest BCUT2D eigenvalue weighted by Gasteiger charge is 2.02.